The van der Waals surface area contributed by atoms with Crippen LogP contribution in [0.25, 0.3) is 0 Å². The fourth-order valence-corrected chi connectivity index (χ4v) is 1.32. The molecule has 0 spiro atoms. The minimum atomic E-state index is -0.266. The van der Waals surface area contributed by atoms with Crippen molar-refractivity contribution in [1.82, 2.24) is 0 Å². The molecule has 0 fully saturated rings. The summed E-state index contributed by atoms with van der Waals surface area (Å²) in [5.74, 6) is -0.224. The van der Waals surface area contributed by atoms with Crippen LogP contribution >= 0.6 is 0 Å². The fourth-order valence-electron chi connectivity index (χ4n) is 1.32. The molecule has 0 heterocycles. The highest BCUT2D eigenvalue weighted by molar-refractivity contribution is 5.79. The van der Waals surface area contributed by atoms with Gasteiger partial charge in [-0.25, -0.2) is 4.79 Å². The van der Waals surface area contributed by atoms with Crippen molar-refractivity contribution in [1.29, 1.82) is 0 Å². The van der Waals surface area contributed by atoms with E-state index < -0.39 is 0 Å². The van der Waals surface area contributed by atoms with Crippen molar-refractivity contribution < 1.29 is 9.53 Å². The van der Waals surface area contributed by atoms with E-state index >= 15 is 0 Å². The van der Waals surface area contributed by atoms with Gasteiger partial charge in [0.25, 0.3) is 0 Å². The van der Waals surface area contributed by atoms with Crippen LogP contribution in [0, 0.1) is 6.92 Å². The van der Waals surface area contributed by atoms with Crippen molar-refractivity contribution >= 4 is 11.7 Å². The number of ether oxygens (including phenoxy) is 1. The maximum atomic E-state index is 11.3. The lowest BCUT2D eigenvalue weighted by molar-refractivity contribution is -0.141. The maximum Gasteiger partial charge on any atom is 0.328 e. The van der Waals surface area contributed by atoms with E-state index in [0.29, 0.717) is 6.42 Å². The second-order valence-electron chi connectivity index (χ2n) is 3.49. The van der Waals surface area contributed by atoms with Crippen LogP contribution < -0.4 is 5.32 Å². The molecule has 1 aromatic carbocycles. The van der Waals surface area contributed by atoms with Gasteiger partial charge in [-0.1, -0.05) is 24.6 Å². The summed E-state index contributed by atoms with van der Waals surface area (Å²) in [6, 6.07) is 7.67. The molecule has 3 heteroatoms. The van der Waals surface area contributed by atoms with E-state index in [1.165, 1.54) is 12.7 Å². The second-order valence-corrected chi connectivity index (χ2v) is 3.49. The van der Waals surface area contributed by atoms with Crippen LogP contribution in [0.15, 0.2) is 24.3 Å². The third-order valence-corrected chi connectivity index (χ3v) is 2.29. The zero-order chi connectivity index (χ0) is 11.3. The van der Waals surface area contributed by atoms with E-state index in [0.717, 1.165) is 5.69 Å². The second kappa shape index (κ2) is 5.39. The summed E-state index contributed by atoms with van der Waals surface area (Å²) in [6.07, 6.45) is 0.709. The number of benzene rings is 1. The van der Waals surface area contributed by atoms with E-state index in [1.54, 1.807) is 0 Å². The van der Waals surface area contributed by atoms with Crippen LogP contribution in [0.1, 0.15) is 18.9 Å². The Kier molecular flexibility index (Phi) is 4.16. The number of aryl methyl sites for hydroxylation is 1. The Morgan fingerprint density at radius 3 is 2.47 bits per heavy atom. The summed E-state index contributed by atoms with van der Waals surface area (Å²) >= 11 is 0. The van der Waals surface area contributed by atoms with E-state index in [4.69, 9.17) is 4.74 Å². The molecule has 0 saturated heterocycles. The third-order valence-electron chi connectivity index (χ3n) is 2.29. The molecule has 1 N–H and O–H groups in total. The van der Waals surface area contributed by atoms with E-state index in [-0.39, 0.29) is 12.0 Å². The summed E-state index contributed by atoms with van der Waals surface area (Å²) in [6.45, 7) is 3.98. The average Bonchev–Trinajstić information content (AvgIpc) is 2.27. The van der Waals surface area contributed by atoms with Crippen LogP contribution in [-0.4, -0.2) is 19.1 Å². The lowest BCUT2D eigenvalue weighted by Gasteiger charge is -2.15. The molecule has 1 aromatic rings. The summed E-state index contributed by atoms with van der Waals surface area (Å²) in [4.78, 5) is 11.3. The zero-order valence-corrected chi connectivity index (χ0v) is 9.41. The first-order valence-corrected chi connectivity index (χ1v) is 5.08. The van der Waals surface area contributed by atoms with Crippen molar-refractivity contribution in [3.63, 3.8) is 0 Å². The number of nitrogens with one attached hydrogen (secondary N) is 1. The molecule has 1 rings (SSSR count). The molecule has 0 aliphatic carbocycles. The van der Waals surface area contributed by atoms with Gasteiger partial charge in [-0.05, 0) is 25.5 Å². The molecule has 0 aliphatic rings. The normalized spacial score (nSPS) is 11.9. The highest BCUT2D eigenvalue weighted by atomic mass is 16.5. The Morgan fingerprint density at radius 2 is 2.00 bits per heavy atom. The van der Waals surface area contributed by atoms with Crippen LogP contribution in [-0.2, 0) is 9.53 Å². The van der Waals surface area contributed by atoms with Gasteiger partial charge in [0.15, 0.2) is 0 Å². The highest BCUT2D eigenvalue weighted by Gasteiger charge is 2.15. The maximum absolute atomic E-state index is 11.3. The van der Waals surface area contributed by atoms with Crippen molar-refractivity contribution in [2.45, 2.75) is 26.3 Å². The van der Waals surface area contributed by atoms with Gasteiger partial charge in [-0.2, -0.15) is 0 Å². The third kappa shape index (κ3) is 3.27. The van der Waals surface area contributed by atoms with Gasteiger partial charge in [0.05, 0.1) is 7.11 Å². The SMILES string of the molecule is CCC(Nc1ccc(C)cc1)C(=O)OC. The number of rotatable bonds is 4. The molecular weight excluding hydrogens is 190 g/mol. The Hall–Kier alpha value is -1.51. The monoisotopic (exact) mass is 207 g/mol. The summed E-state index contributed by atoms with van der Waals surface area (Å²) in [5, 5.41) is 3.13. The predicted molar refractivity (Wildman–Crippen MR) is 60.9 cm³/mol. The van der Waals surface area contributed by atoms with Crippen LogP contribution in [0.5, 0.6) is 0 Å². The molecule has 0 bridgehead atoms. The molecule has 82 valence electrons. The topological polar surface area (TPSA) is 38.3 Å². The number of carbonyl (C=O) groups is 1. The quantitative estimate of drug-likeness (QED) is 0.770. The fraction of sp³-hybridized carbons (Fsp3) is 0.417. The van der Waals surface area contributed by atoms with Gasteiger partial charge in [-0.15, -0.1) is 0 Å². The molecular formula is C12H17NO2. The Morgan fingerprint density at radius 1 is 1.40 bits per heavy atom. The average molecular weight is 207 g/mol. The molecule has 0 amide bonds. The van der Waals surface area contributed by atoms with Gasteiger partial charge < -0.3 is 10.1 Å². The minimum Gasteiger partial charge on any atom is -0.467 e. The number of hydrogen-bond donors (Lipinski definition) is 1. The summed E-state index contributed by atoms with van der Waals surface area (Å²) < 4.78 is 4.70. The first-order valence-electron chi connectivity index (χ1n) is 5.08. The van der Waals surface area contributed by atoms with Gasteiger partial charge in [0.2, 0.25) is 0 Å². The van der Waals surface area contributed by atoms with E-state index in [2.05, 4.69) is 5.32 Å². The molecule has 0 saturated carbocycles. The molecule has 3 nitrogen and oxygen atoms in total. The molecule has 1 unspecified atom stereocenters. The van der Waals surface area contributed by atoms with E-state index in [9.17, 15) is 4.79 Å². The summed E-state index contributed by atoms with van der Waals surface area (Å²) in [5.41, 5.74) is 2.14. The van der Waals surface area contributed by atoms with Crippen LogP contribution in [0.4, 0.5) is 5.69 Å². The van der Waals surface area contributed by atoms with Crippen LogP contribution in [0.2, 0.25) is 0 Å². The van der Waals surface area contributed by atoms with E-state index in [1.807, 2.05) is 38.1 Å². The first kappa shape index (κ1) is 11.6. The molecule has 1 atom stereocenters. The number of hydrogen-bond acceptors (Lipinski definition) is 3. The standard InChI is InChI=1S/C12H17NO2/c1-4-11(12(14)15-3)13-10-7-5-9(2)6-8-10/h5-8,11,13H,4H2,1-3H3. The Bertz CT molecular complexity index is 319. The number of esters is 1. The lowest BCUT2D eigenvalue weighted by Crippen LogP contribution is -2.29. The van der Waals surface area contributed by atoms with Crippen molar-refractivity contribution in [3.05, 3.63) is 29.8 Å². The number of anilines is 1. The number of methoxy groups -OCH3 is 1. The molecule has 0 radical (unpaired) electrons. The van der Waals surface area contributed by atoms with Crippen molar-refractivity contribution in [2.75, 3.05) is 12.4 Å². The molecule has 0 aliphatic heterocycles. The molecule has 0 aromatic heterocycles. The van der Waals surface area contributed by atoms with Gasteiger partial charge in [-0.3, -0.25) is 0 Å². The smallest absolute Gasteiger partial charge is 0.328 e. The zero-order valence-electron chi connectivity index (χ0n) is 9.41. The van der Waals surface area contributed by atoms with Crippen molar-refractivity contribution in [2.24, 2.45) is 0 Å². The van der Waals surface area contributed by atoms with Gasteiger partial charge in [0.1, 0.15) is 6.04 Å². The Labute approximate surface area is 90.4 Å². The van der Waals surface area contributed by atoms with Gasteiger partial charge in [0, 0.05) is 5.69 Å². The molecule has 15 heavy (non-hydrogen) atoms. The Balaban J connectivity index is 2.66. The van der Waals surface area contributed by atoms with Crippen LogP contribution in [0.3, 0.4) is 0 Å². The largest absolute Gasteiger partial charge is 0.467 e. The van der Waals surface area contributed by atoms with Gasteiger partial charge >= 0.3 is 5.97 Å². The lowest BCUT2D eigenvalue weighted by atomic mass is 10.2. The summed E-state index contributed by atoms with van der Waals surface area (Å²) in [7, 11) is 1.40. The van der Waals surface area contributed by atoms with Crippen molar-refractivity contribution in [3.8, 4) is 0 Å². The number of carbonyl (C=O) groups excluding carboxylic acids is 1. The first-order chi connectivity index (χ1) is 7.17. The predicted octanol–water partition coefficient (Wildman–Crippen LogP) is 2.36. The highest BCUT2D eigenvalue weighted by Crippen LogP contribution is 2.11. The minimum absolute atomic E-state index is 0.224.